The molecule has 1 aliphatic heterocycles. The monoisotopic (exact) mass is 354 g/mol. The van der Waals surface area contributed by atoms with Crippen LogP contribution in [0, 0.1) is 13.8 Å². The molecule has 1 fully saturated rings. The number of aryl methyl sites for hydroxylation is 2. The van der Waals surface area contributed by atoms with Gasteiger partial charge in [0.05, 0.1) is 13.2 Å². The lowest BCUT2D eigenvalue weighted by Crippen LogP contribution is -2.36. The van der Waals surface area contributed by atoms with E-state index in [1.54, 1.807) is 0 Å². The highest BCUT2D eigenvalue weighted by atomic mass is 16.5. The number of anilines is 1. The highest BCUT2D eigenvalue weighted by Gasteiger charge is 2.14. The quantitative estimate of drug-likeness (QED) is 0.866. The smallest absolute Gasteiger partial charge is 0.262 e. The van der Waals surface area contributed by atoms with Crippen LogP contribution in [-0.2, 0) is 16.1 Å². The molecule has 1 N–H and O–H groups in total. The lowest BCUT2D eigenvalue weighted by Gasteiger charge is -2.27. The van der Waals surface area contributed by atoms with E-state index in [2.05, 4.69) is 23.2 Å². The van der Waals surface area contributed by atoms with Gasteiger partial charge < -0.3 is 14.8 Å². The van der Waals surface area contributed by atoms with Gasteiger partial charge in [0, 0.05) is 25.3 Å². The van der Waals surface area contributed by atoms with Gasteiger partial charge in [0.25, 0.3) is 5.91 Å². The maximum atomic E-state index is 12.3. The molecule has 3 rings (SSSR count). The zero-order valence-electron chi connectivity index (χ0n) is 15.5. The van der Waals surface area contributed by atoms with E-state index in [-0.39, 0.29) is 12.5 Å². The van der Waals surface area contributed by atoms with Gasteiger partial charge in [0.15, 0.2) is 6.61 Å². The zero-order chi connectivity index (χ0) is 18.4. The summed E-state index contributed by atoms with van der Waals surface area (Å²) in [6.07, 6.45) is 0. The van der Waals surface area contributed by atoms with Crippen molar-refractivity contribution in [2.75, 3.05) is 38.2 Å². The average molecular weight is 354 g/mol. The predicted molar refractivity (Wildman–Crippen MR) is 103 cm³/mol. The lowest BCUT2D eigenvalue weighted by atomic mass is 10.1. The van der Waals surface area contributed by atoms with Crippen LogP contribution < -0.4 is 10.1 Å². The Kier molecular flexibility index (Phi) is 6.26. The number of carbonyl (C=O) groups excluding carboxylic acids is 1. The van der Waals surface area contributed by atoms with Crippen molar-refractivity contribution in [3.63, 3.8) is 0 Å². The number of nitrogens with one attached hydrogen (secondary N) is 1. The molecule has 2 aromatic rings. The van der Waals surface area contributed by atoms with Crippen LogP contribution in [0.2, 0.25) is 0 Å². The Bertz CT molecular complexity index is 755. The van der Waals surface area contributed by atoms with E-state index in [9.17, 15) is 4.79 Å². The molecule has 0 atom stereocenters. The van der Waals surface area contributed by atoms with E-state index < -0.39 is 0 Å². The van der Waals surface area contributed by atoms with Crippen LogP contribution in [0.1, 0.15) is 16.7 Å². The summed E-state index contributed by atoms with van der Waals surface area (Å²) in [6.45, 7) is 8.24. The van der Waals surface area contributed by atoms with Gasteiger partial charge in [0.2, 0.25) is 0 Å². The van der Waals surface area contributed by atoms with Crippen LogP contribution >= 0.6 is 0 Å². The van der Waals surface area contributed by atoms with E-state index in [0.29, 0.717) is 5.75 Å². The molecule has 1 heterocycles. The van der Waals surface area contributed by atoms with Gasteiger partial charge in [-0.3, -0.25) is 9.69 Å². The van der Waals surface area contributed by atoms with Gasteiger partial charge in [0.1, 0.15) is 5.75 Å². The van der Waals surface area contributed by atoms with Gasteiger partial charge >= 0.3 is 0 Å². The molecule has 0 unspecified atom stereocenters. The summed E-state index contributed by atoms with van der Waals surface area (Å²) in [6, 6.07) is 13.8. The van der Waals surface area contributed by atoms with Crippen LogP contribution in [0.15, 0.2) is 42.5 Å². The summed E-state index contributed by atoms with van der Waals surface area (Å²) < 4.78 is 11.0. The number of nitrogens with zero attached hydrogens (tertiary/aromatic N) is 1. The van der Waals surface area contributed by atoms with Gasteiger partial charge in [-0.1, -0.05) is 24.3 Å². The number of hydrogen-bond acceptors (Lipinski definition) is 4. The summed E-state index contributed by atoms with van der Waals surface area (Å²) in [5.41, 5.74) is 4.30. The number of benzene rings is 2. The van der Waals surface area contributed by atoms with E-state index in [1.807, 2.05) is 43.3 Å². The second-order valence-corrected chi connectivity index (χ2v) is 6.63. The first kappa shape index (κ1) is 18.4. The minimum Gasteiger partial charge on any atom is -0.484 e. The molecule has 26 heavy (non-hydrogen) atoms. The van der Waals surface area contributed by atoms with Crippen LogP contribution in [0.3, 0.4) is 0 Å². The molecular weight excluding hydrogens is 328 g/mol. The first-order chi connectivity index (χ1) is 12.6. The number of hydrogen-bond donors (Lipinski definition) is 1. The first-order valence-corrected chi connectivity index (χ1v) is 9.00. The standard InChI is InChI=1S/C21H26N2O3/c1-16-7-8-19(13-17(16)2)26-15-21(24)22-20-6-4-3-5-18(20)14-23-9-11-25-12-10-23/h3-8,13H,9-12,14-15H2,1-2H3,(H,22,24). The molecule has 1 saturated heterocycles. The Labute approximate surface area is 154 Å². The minimum absolute atomic E-state index is 0.00557. The van der Waals surface area contributed by atoms with E-state index in [4.69, 9.17) is 9.47 Å². The Morgan fingerprint density at radius 2 is 1.88 bits per heavy atom. The Morgan fingerprint density at radius 1 is 1.12 bits per heavy atom. The largest absolute Gasteiger partial charge is 0.484 e. The molecule has 0 bridgehead atoms. The maximum Gasteiger partial charge on any atom is 0.262 e. The van der Waals surface area contributed by atoms with Crippen molar-refractivity contribution in [1.82, 2.24) is 4.90 Å². The molecule has 1 amide bonds. The number of ether oxygens (including phenoxy) is 2. The Hall–Kier alpha value is -2.37. The van der Waals surface area contributed by atoms with Crippen LogP contribution in [0.5, 0.6) is 5.75 Å². The van der Waals surface area contributed by atoms with Crippen molar-refractivity contribution in [2.45, 2.75) is 20.4 Å². The van der Waals surface area contributed by atoms with Crippen molar-refractivity contribution in [3.05, 3.63) is 59.2 Å². The zero-order valence-corrected chi connectivity index (χ0v) is 15.5. The Balaban J connectivity index is 1.57. The summed E-state index contributed by atoms with van der Waals surface area (Å²) >= 11 is 0. The Morgan fingerprint density at radius 3 is 2.65 bits per heavy atom. The van der Waals surface area contributed by atoms with Crippen molar-refractivity contribution in [3.8, 4) is 5.75 Å². The molecule has 5 nitrogen and oxygen atoms in total. The summed E-state index contributed by atoms with van der Waals surface area (Å²) in [4.78, 5) is 14.6. The number of rotatable bonds is 6. The van der Waals surface area contributed by atoms with Crippen LogP contribution in [0.25, 0.3) is 0 Å². The fourth-order valence-electron chi connectivity index (χ4n) is 2.92. The SMILES string of the molecule is Cc1ccc(OCC(=O)Nc2ccccc2CN2CCOCC2)cc1C. The third-order valence-electron chi connectivity index (χ3n) is 4.64. The van der Waals surface area contributed by atoms with Crippen LogP contribution in [-0.4, -0.2) is 43.7 Å². The van der Waals surface area contributed by atoms with E-state index in [0.717, 1.165) is 49.7 Å². The topological polar surface area (TPSA) is 50.8 Å². The lowest BCUT2D eigenvalue weighted by molar-refractivity contribution is -0.118. The molecule has 1 aliphatic rings. The molecule has 5 heteroatoms. The molecule has 0 spiro atoms. The van der Waals surface area contributed by atoms with Gasteiger partial charge in [-0.15, -0.1) is 0 Å². The van der Waals surface area contributed by atoms with Crippen LogP contribution in [0.4, 0.5) is 5.69 Å². The van der Waals surface area contributed by atoms with Gasteiger partial charge in [-0.25, -0.2) is 0 Å². The first-order valence-electron chi connectivity index (χ1n) is 9.00. The third-order valence-corrected chi connectivity index (χ3v) is 4.64. The van der Waals surface area contributed by atoms with E-state index >= 15 is 0 Å². The fourth-order valence-corrected chi connectivity index (χ4v) is 2.92. The van der Waals surface area contributed by atoms with Gasteiger partial charge in [-0.05, 0) is 48.7 Å². The van der Waals surface area contributed by atoms with E-state index in [1.165, 1.54) is 5.56 Å². The van der Waals surface area contributed by atoms with Gasteiger partial charge in [-0.2, -0.15) is 0 Å². The second-order valence-electron chi connectivity index (χ2n) is 6.63. The highest BCUT2D eigenvalue weighted by molar-refractivity contribution is 5.92. The maximum absolute atomic E-state index is 12.3. The van der Waals surface area contributed by atoms with Crippen molar-refractivity contribution in [1.29, 1.82) is 0 Å². The molecule has 0 aromatic heterocycles. The normalized spacial score (nSPS) is 14.8. The summed E-state index contributed by atoms with van der Waals surface area (Å²) in [5.74, 6) is 0.558. The highest BCUT2D eigenvalue weighted by Crippen LogP contribution is 2.19. The third kappa shape index (κ3) is 5.07. The predicted octanol–water partition coefficient (Wildman–Crippen LogP) is 3.15. The minimum atomic E-state index is -0.155. The number of morpholine rings is 1. The molecule has 0 radical (unpaired) electrons. The summed E-state index contributed by atoms with van der Waals surface area (Å²) in [5, 5.41) is 2.97. The van der Waals surface area contributed by atoms with Crippen molar-refractivity contribution >= 4 is 11.6 Å². The van der Waals surface area contributed by atoms with Crippen molar-refractivity contribution < 1.29 is 14.3 Å². The number of para-hydroxylation sites is 1. The number of amides is 1. The molecule has 138 valence electrons. The van der Waals surface area contributed by atoms with Crippen molar-refractivity contribution in [2.24, 2.45) is 0 Å². The summed E-state index contributed by atoms with van der Waals surface area (Å²) in [7, 11) is 0. The second kappa shape index (κ2) is 8.83. The molecule has 0 aliphatic carbocycles. The molecule has 0 saturated carbocycles. The molecule has 2 aromatic carbocycles. The number of carbonyl (C=O) groups is 1. The molecular formula is C21H26N2O3. The fraction of sp³-hybridized carbons (Fsp3) is 0.381. The average Bonchev–Trinajstić information content (AvgIpc) is 2.65.